The van der Waals surface area contributed by atoms with Crippen LogP contribution in [0, 0.1) is 11.7 Å². The van der Waals surface area contributed by atoms with E-state index in [0.29, 0.717) is 5.92 Å². The summed E-state index contributed by atoms with van der Waals surface area (Å²) in [6.07, 6.45) is 1.18. The Bertz CT molecular complexity index is 452. The molecule has 1 unspecified atom stereocenters. The molecule has 5 heteroatoms. The Kier molecular flexibility index (Phi) is 5.49. The zero-order valence-electron chi connectivity index (χ0n) is 11.9. The highest BCUT2D eigenvalue weighted by Gasteiger charge is 2.20. The molecule has 1 aliphatic heterocycles. The number of amides is 1. The molecule has 2 rings (SSSR count). The molecule has 0 bridgehead atoms. The standard InChI is InChI=1S/C15H22FN3O/c1-2-19-8-7-12(11-19)9-17-10-15(20)18-14-6-4-3-5-13(14)16/h3-6,12,17H,2,7-11H2,1H3,(H,18,20). The number of likely N-dealkylation sites (tertiary alicyclic amines) is 1. The van der Waals surface area contributed by atoms with E-state index in [2.05, 4.69) is 22.5 Å². The van der Waals surface area contributed by atoms with Gasteiger partial charge in [-0.2, -0.15) is 0 Å². The lowest BCUT2D eigenvalue weighted by Crippen LogP contribution is -2.33. The Morgan fingerprint density at radius 1 is 1.45 bits per heavy atom. The molecule has 1 aliphatic rings. The molecule has 0 radical (unpaired) electrons. The van der Waals surface area contributed by atoms with Gasteiger partial charge in [-0.25, -0.2) is 4.39 Å². The Balaban J connectivity index is 1.67. The molecule has 4 nitrogen and oxygen atoms in total. The van der Waals surface area contributed by atoms with Crippen molar-refractivity contribution in [1.82, 2.24) is 10.2 Å². The topological polar surface area (TPSA) is 44.4 Å². The first-order valence-corrected chi connectivity index (χ1v) is 7.16. The van der Waals surface area contributed by atoms with E-state index in [9.17, 15) is 9.18 Å². The van der Waals surface area contributed by atoms with Gasteiger partial charge in [0.1, 0.15) is 5.82 Å². The maximum atomic E-state index is 13.4. The molecule has 1 aromatic rings. The highest BCUT2D eigenvalue weighted by Crippen LogP contribution is 2.14. The Morgan fingerprint density at radius 3 is 2.95 bits per heavy atom. The number of benzene rings is 1. The van der Waals surface area contributed by atoms with Gasteiger partial charge in [0.15, 0.2) is 0 Å². The van der Waals surface area contributed by atoms with Crippen molar-refractivity contribution in [2.24, 2.45) is 5.92 Å². The summed E-state index contributed by atoms with van der Waals surface area (Å²) >= 11 is 0. The van der Waals surface area contributed by atoms with Crippen LogP contribution in [0.2, 0.25) is 0 Å². The van der Waals surface area contributed by atoms with Gasteiger partial charge in [0.2, 0.25) is 5.91 Å². The molecule has 0 aliphatic carbocycles. The first-order chi connectivity index (χ1) is 9.69. The van der Waals surface area contributed by atoms with Gasteiger partial charge in [0.25, 0.3) is 0 Å². The van der Waals surface area contributed by atoms with Gasteiger partial charge in [-0.15, -0.1) is 0 Å². The normalized spacial score (nSPS) is 19.2. The van der Waals surface area contributed by atoms with Crippen LogP contribution in [0.25, 0.3) is 0 Å². The quantitative estimate of drug-likeness (QED) is 0.833. The number of rotatable bonds is 6. The van der Waals surface area contributed by atoms with Crippen LogP contribution < -0.4 is 10.6 Å². The van der Waals surface area contributed by atoms with Gasteiger partial charge in [-0.3, -0.25) is 4.79 Å². The lowest BCUT2D eigenvalue weighted by atomic mass is 10.1. The molecule has 1 aromatic carbocycles. The van der Waals surface area contributed by atoms with Gasteiger partial charge >= 0.3 is 0 Å². The van der Waals surface area contributed by atoms with Crippen molar-refractivity contribution in [2.75, 3.05) is 38.0 Å². The molecule has 1 fully saturated rings. The summed E-state index contributed by atoms with van der Waals surface area (Å²) in [6.45, 7) is 6.54. The van der Waals surface area contributed by atoms with Crippen LogP contribution in [0.15, 0.2) is 24.3 Å². The summed E-state index contributed by atoms with van der Waals surface area (Å²) in [4.78, 5) is 14.1. The van der Waals surface area contributed by atoms with E-state index in [1.54, 1.807) is 18.2 Å². The molecule has 1 heterocycles. The van der Waals surface area contributed by atoms with Crippen molar-refractivity contribution in [1.29, 1.82) is 0 Å². The van der Waals surface area contributed by atoms with E-state index in [0.717, 1.165) is 26.2 Å². The lowest BCUT2D eigenvalue weighted by molar-refractivity contribution is -0.115. The van der Waals surface area contributed by atoms with E-state index in [1.165, 1.54) is 12.5 Å². The van der Waals surface area contributed by atoms with E-state index in [1.807, 2.05) is 0 Å². The Morgan fingerprint density at radius 2 is 2.25 bits per heavy atom. The fourth-order valence-electron chi connectivity index (χ4n) is 2.51. The highest BCUT2D eigenvalue weighted by molar-refractivity contribution is 5.92. The van der Waals surface area contributed by atoms with Crippen molar-refractivity contribution in [3.8, 4) is 0 Å². The summed E-state index contributed by atoms with van der Waals surface area (Å²) in [5.41, 5.74) is 0.234. The third-order valence-corrected chi connectivity index (χ3v) is 3.68. The summed E-state index contributed by atoms with van der Waals surface area (Å²) in [7, 11) is 0. The number of halogens is 1. The highest BCUT2D eigenvalue weighted by atomic mass is 19.1. The second kappa shape index (κ2) is 7.36. The van der Waals surface area contributed by atoms with Gasteiger partial charge in [-0.1, -0.05) is 19.1 Å². The molecule has 1 saturated heterocycles. The minimum Gasteiger partial charge on any atom is -0.322 e. The maximum Gasteiger partial charge on any atom is 0.238 e. The molecule has 110 valence electrons. The number of carbonyl (C=O) groups excluding carboxylic acids is 1. The number of nitrogens with zero attached hydrogens (tertiary/aromatic N) is 1. The Labute approximate surface area is 119 Å². The van der Waals surface area contributed by atoms with Crippen LogP contribution in [0.4, 0.5) is 10.1 Å². The average molecular weight is 279 g/mol. The fraction of sp³-hybridized carbons (Fsp3) is 0.533. The molecule has 2 N–H and O–H groups in total. The van der Waals surface area contributed by atoms with Crippen LogP contribution in [0.5, 0.6) is 0 Å². The third kappa shape index (κ3) is 4.28. The SMILES string of the molecule is CCN1CCC(CNCC(=O)Nc2ccccc2F)C1. The number of hydrogen-bond donors (Lipinski definition) is 2. The maximum absolute atomic E-state index is 13.4. The van der Waals surface area contributed by atoms with E-state index >= 15 is 0 Å². The van der Waals surface area contributed by atoms with Crippen molar-refractivity contribution in [2.45, 2.75) is 13.3 Å². The number of para-hydroxylation sites is 1. The number of carbonyl (C=O) groups is 1. The van der Waals surface area contributed by atoms with Crippen molar-refractivity contribution >= 4 is 11.6 Å². The number of hydrogen-bond acceptors (Lipinski definition) is 3. The number of anilines is 1. The van der Waals surface area contributed by atoms with Crippen LogP contribution in [0.3, 0.4) is 0 Å². The first kappa shape index (κ1) is 14.9. The van der Waals surface area contributed by atoms with Gasteiger partial charge in [0, 0.05) is 6.54 Å². The lowest BCUT2D eigenvalue weighted by Gasteiger charge is -2.13. The average Bonchev–Trinajstić information content (AvgIpc) is 2.89. The fourth-order valence-corrected chi connectivity index (χ4v) is 2.51. The van der Waals surface area contributed by atoms with Gasteiger partial charge < -0.3 is 15.5 Å². The summed E-state index contributed by atoms with van der Waals surface area (Å²) in [6, 6.07) is 6.19. The molecule has 0 spiro atoms. The van der Waals surface area contributed by atoms with Crippen LogP contribution >= 0.6 is 0 Å². The second-order valence-corrected chi connectivity index (χ2v) is 5.21. The summed E-state index contributed by atoms with van der Waals surface area (Å²) < 4.78 is 13.4. The van der Waals surface area contributed by atoms with Crippen LogP contribution in [-0.4, -0.2) is 43.5 Å². The molecule has 1 atom stereocenters. The van der Waals surface area contributed by atoms with Crippen molar-refractivity contribution in [3.63, 3.8) is 0 Å². The largest absolute Gasteiger partial charge is 0.322 e. The smallest absolute Gasteiger partial charge is 0.238 e. The monoisotopic (exact) mass is 279 g/mol. The minimum absolute atomic E-state index is 0.208. The molecular weight excluding hydrogens is 257 g/mol. The zero-order chi connectivity index (χ0) is 14.4. The summed E-state index contributed by atoms with van der Waals surface area (Å²) in [5.74, 6) is -0.00751. The summed E-state index contributed by atoms with van der Waals surface area (Å²) in [5, 5.41) is 5.72. The molecule has 1 amide bonds. The van der Waals surface area contributed by atoms with Crippen molar-refractivity contribution < 1.29 is 9.18 Å². The molecule has 0 saturated carbocycles. The van der Waals surface area contributed by atoms with Gasteiger partial charge in [-0.05, 0) is 44.1 Å². The molecular formula is C15H22FN3O. The third-order valence-electron chi connectivity index (χ3n) is 3.68. The molecule has 0 aromatic heterocycles. The second-order valence-electron chi connectivity index (χ2n) is 5.21. The van der Waals surface area contributed by atoms with E-state index in [4.69, 9.17) is 0 Å². The minimum atomic E-state index is -0.407. The zero-order valence-corrected chi connectivity index (χ0v) is 11.9. The van der Waals surface area contributed by atoms with Crippen molar-refractivity contribution in [3.05, 3.63) is 30.1 Å². The van der Waals surface area contributed by atoms with E-state index in [-0.39, 0.29) is 18.1 Å². The predicted molar refractivity (Wildman–Crippen MR) is 78.1 cm³/mol. The van der Waals surface area contributed by atoms with Crippen LogP contribution in [0.1, 0.15) is 13.3 Å². The predicted octanol–water partition coefficient (Wildman–Crippen LogP) is 1.70. The first-order valence-electron chi connectivity index (χ1n) is 7.16. The molecule has 20 heavy (non-hydrogen) atoms. The number of nitrogens with one attached hydrogen (secondary N) is 2. The van der Waals surface area contributed by atoms with Crippen LogP contribution in [-0.2, 0) is 4.79 Å². The Hall–Kier alpha value is -1.46. The van der Waals surface area contributed by atoms with E-state index < -0.39 is 5.82 Å². The van der Waals surface area contributed by atoms with Gasteiger partial charge in [0.05, 0.1) is 12.2 Å².